The highest BCUT2D eigenvalue weighted by Gasteiger charge is 1.91. The third-order valence-corrected chi connectivity index (χ3v) is 2.12. The van der Waals surface area contributed by atoms with E-state index in [0.717, 1.165) is 18.4 Å². The Morgan fingerprint density at radius 3 is 2.50 bits per heavy atom. The molecule has 0 saturated carbocycles. The Morgan fingerprint density at radius 2 is 1.94 bits per heavy atom. The van der Waals surface area contributed by atoms with Gasteiger partial charge in [-0.1, -0.05) is 70.1 Å². The van der Waals surface area contributed by atoms with E-state index in [0.29, 0.717) is 6.54 Å². The number of rotatable bonds is 8. The number of hydrogen-bond acceptors (Lipinski definition) is 1. The molecule has 0 saturated heterocycles. The molecule has 0 radical (unpaired) electrons. The van der Waals surface area contributed by atoms with Crippen LogP contribution in [0.25, 0.3) is 0 Å². The first-order valence-corrected chi connectivity index (χ1v) is 6.92. The quantitative estimate of drug-likeness (QED) is 0.503. The lowest BCUT2D eigenvalue weighted by atomic mass is 10.2. The average molecular weight is 251 g/mol. The summed E-state index contributed by atoms with van der Waals surface area (Å²) in [6.07, 6.45) is 12.6. The molecule has 0 aliphatic carbocycles. The SMILES string of the molecule is C=C(/C=C\C=C/CCCC)CCNC(C)=O.CC. The van der Waals surface area contributed by atoms with Gasteiger partial charge in [-0.25, -0.2) is 0 Å². The zero-order valence-corrected chi connectivity index (χ0v) is 12.5. The Kier molecular flexibility index (Phi) is 16.6. The smallest absolute Gasteiger partial charge is 0.216 e. The van der Waals surface area contributed by atoms with E-state index in [2.05, 4.69) is 31.0 Å². The van der Waals surface area contributed by atoms with Gasteiger partial charge < -0.3 is 5.32 Å². The second kappa shape index (κ2) is 15.7. The molecule has 0 bridgehead atoms. The highest BCUT2D eigenvalue weighted by Crippen LogP contribution is 2.00. The Morgan fingerprint density at radius 1 is 1.28 bits per heavy atom. The molecule has 2 heteroatoms. The van der Waals surface area contributed by atoms with Gasteiger partial charge in [0.25, 0.3) is 0 Å². The third-order valence-electron chi connectivity index (χ3n) is 2.12. The van der Waals surface area contributed by atoms with E-state index < -0.39 is 0 Å². The fourth-order valence-corrected chi connectivity index (χ4v) is 1.17. The van der Waals surface area contributed by atoms with Gasteiger partial charge in [0.15, 0.2) is 0 Å². The standard InChI is InChI=1S/C14H23NO.C2H6/c1-4-5-6-7-8-9-10-13(2)11-12-15-14(3)16;1-2/h7-10H,2,4-6,11-12H2,1,3H3,(H,15,16);1-2H3/b8-7-,10-9-;. The molecule has 18 heavy (non-hydrogen) atoms. The Bertz CT molecular complexity index is 264. The lowest BCUT2D eigenvalue weighted by molar-refractivity contribution is -0.118. The summed E-state index contributed by atoms with van der Waals surface area (Å²) in [6, 6.07) is 0. The monoisotopic (exact) mass is 251 g/mol. The van der Waals surface area contributed by atoms with Gasteiger partial charge in [-0.3, -0.25) is 4.79 Å². The maximum absolute atomic E-state index is 10.6. The van der Waals surface area contributed by atoms with E-state index in [9.17, 15) is 4.79 Å². The molecule has 0 atom stereocenters. The molecule has 1 amide bonds. The van der Waals surface area contributed by atoms with Crippen molar-refractivity contribution in [2.75, 3.05) is 6.54 Å². The van der Waals surface area contributed by atoms with Gasteiger partial charge in [0.2, 0.25) is 5.91 Å². The fourth-order valence-electron chi connectivity index (χ4n) is 1.17. The molecule has 0 unspecified atom stereocenters. The molecule has 0 aromatic rings. The average Bonchev–Trinajstić information content (AvgIpc) is 2.35. The van der Waals surface area contributed by atoms with Gasteiger partial charge in [0.05, 0.1) is 0 Å². The highest BCUT2D eigenvalue weighted by atomic mass is 16.1. The maximum atomic E-state index is 10.6. The fraction of sp³-hybridized carbons (Fsp3) is 0.562. The molecule has 0 spiro atoms. The predicted molar refractivity (Wildman–Crippen MR) is 81.6 cm³/mol. The first-order valence-electron chi connectivity index (χ1n) is 6.92. The first-order chi connectivity index (χ1) is 8.66. The summed E-state index contributed by atoms with van der Waals surface area (Å²) in [5.74, 6) is 0.0104. The van der Waals surface area contributed by atoms with E-state index in [1.54, 1.807) is 0 Å². The number of carbonyl (C=O) groups is 1. The predicted octanol–water partition coefficient (Wildman–Crippen LogP) is 4.40. The third kappa shape index (κ3) is 17.1. The van der Waals surface area contributed by atoms with Crippen LogP contribution < -0.4 is 5.32 Å². The van der Waals surface area contributed by atoms with Crippen LogP contribution >= 0.6 is 0 Å². The molecular weight excluding hydrogens is 222 g/mol. The van der Waals surface area contributed by atoms with E-state index >= 15 is 0 Å². The van der Waals surface area contributed by atoms with E-state index in [4.69, 9.17) is 0 Å². The molecule has 0 rings (SSSR count). The number of carbonyl (C=O) groups excluding carboxylic acids is 1. The lowest BCUT2D eigenvalue weighted by Gasteiger charge is -2.00. The second-order valence-corrected chi connectivity index (χ2v) is 3.82. The van der Waals surface area contributed by atoms with E-state index in [-0.39, 0.29) is 5.91 Å². The summed E-state index contributed by atoms with van der Waals surface area (Å²) in [6.45, 7) is 12.3. The summed E-state index contributed by atoms with van der Waals surface area (Å²) in [7, 11) is 0. The largest absolute Gasteiger partial charge is 0.356 e. The topological polar surface area (TPSA) is 29.1 Å². The molecule has 0 fully saturated rings. The van der Waals surface area contributed by atoms with Gasteiger partial charge in [-0.2, -0.15) is 0 Å². The highest BCUT2D eigenvalue weighted by molar-refractivity contribution is 5.72. The van der Waals surface area contributed by atoms with E-state index in [1.807, 2.05) is 26.0 Å². The van der Waals surface area contributed by atoms with Gasteiger partial charge in [-0.15, -0.1) is 0 Å². The van der Waals surface area contributed by atoms with Crippen molar-refractivity contribution in [2.45, 2.75) is 53.4 Å². The summed E-state index contributed by atoms with van der Waals surface area (Å²) >= 11 is 0. The van der Waals surface area contributed by atoms with Crippen LogP contribution in [0.3, 0.4) is 0 Å². The zero-order chi connectivity index (χ0) is 14.2. The van der Waals surface area contributed by atoms with Crippen LogP contribution in [0.15, 0.2) is 36.5 Å². The van der Waals surface area contributed by atoms with Crippen molar-refractivity contribution in [3.05, 3.63) is 36.5 Å². The molecule has 2 nitrogen and oxygen atoms in total. The van der Waals surface area contributed by atoms with Crippen molar-refractivity contribution < 1.29 is 4.79 Å². The van der Waals surface area contributed by atoms with Crippen LogP contribution in [0.1, 0.15) is 53.4 Å². The van der Waals surface area contributed by atoms with E-state index in [1.165, 1.54) is 19.8 Å². The van der Waals surface area contributed by atoms with Gasteiger partial charge >= 0.3 is 0 Å². The minimum atomic E-state index is 0.0104. The molecule has 0 aliphatic heterocycles. The maximum Gasteiger partial charge on any atom is 0.216 e. The van der Waals surface area contributed by atoms with Crippen molar-refractivity contribution in [2.24, 2.45) is 0 Å². The molecule has 104 valence electrons. The number of allylic oxidation sites excluding steroid dienone is 4. The van der Waals surface area contributed by atoms with Crippen LogP contribution in [0, 0.1) is 0 Å². The first kappa shape index (κ1) is 19.0. The second-order valence-electron chi connectivity index (χ2n) is 3.82. The summed E-state index contributed by atoms with van der Waals surface area (Å²) in [5, 5.41) is 2.74. The Hall–Kier alpha value is -1.31. The van der Waals surface area contributed by atoms with Crippen molar-refractivity contribution in [1.82, 2.24) is 5.32 Å². The molecule has 0 aromatic heterocycles. The van der Waals surface area contributed by atoms with Gasteiger partial charge in [0.1, 0.15) is 0 Å². The zero-order valence-electron chi connectivity index (χ0n) is 12.5. The minimum absolute atomic E-state index is 0.0104. The van der Waals surface area contributed by atoms with Crippen LogP contribution in [0.5, 0.6) is 0 Å². The molecule has 0 heterocycles. The number of nitrogens with one attached hydrogen (secondary N) is 1. The molecule has 0 aromatic carbocycles. The van der Waals surface area contributed by atoms with Crippen LogP contribution in [0.2, 0.25) is 0 Å². The molecule has 0 aliphatic rings. The number of unbranched alkanes of at least 4 members (excludes halogenated alkanes) is 2. The minimum Gasteiger partial charge on any atom is -0.356 e. The van der Waals surface area contributed by atoms with Crippen LogP contribution in [-0.2, 0) is 4.79 Å². The molecular formula is C16H29NO. The number of hydrogen-bond donors (Lipinski definition) is 1. The van der Waals surface area contributed by atoms with Crippen LogP contribution in [-0.4, -0.2) is 12.5 Å². The van der Waals surface area contributed by atoms with Gasteiger partial charge in [0, 0.05) is 13.5 Å². The van der Waals surface area contributed by atoms with Crippen molar-refractivity contribution in [3.8, 4) is 0 Å². The summed E-state index contributed by atoms with van der Waals surface area (Å²) in [4.78, 5) is 10.6. The van der Waals surface area contributed by atoms with Crippen molar-refractivity contribution >= 4 is 5.91 Å². The summed E-state index contributed by atoms with van der Waals surface area (Å²) in [5.41, 5.74) is 1.04. The molecule has 1 N–H and O–H groups in total. The van der Waals surface area contributed by atoms with Crippen LogP contribution in [0.4, 0.5) is 0 Å². The van der Waals surface area contributed by atoms with Gasteiger partial charge in [-0.05, 0) is 12.8 Å². The normalized spacial score (nSPS) is 10.2. The Labute approximate surface area is 113 Å². The Balaban J connectivity index is 0. The number of amides is 1. The lowest BCUT2D eigenvalue weighted by Crippen LogP contribution is -2.20. The van der Waals surface area contributed by atoms with Crippen molar-refractivity contribution in [3.63, 3.8) is 0 Å². The summed E-state index contributed by atoms with van der Waals surface area (Å²) < 4.78 is 0. The van der Waals surface area contributed by atoms with Crippen molar-refractivity contribution in [1.29, 1.82) is 0 Å².